The highest BCUT2D eigenvalue weighted by Gasteiger charge is 2.29. The Hall–Kier alpha value is -2.54. The van der Waals surface area contributed by atoms with Crippen LogP contribution in [-0.2, 0) is 11.3 Å². The van der Waals surface area contributed by atoms with Crippen molar-refractivity contribution in [1.29, 1.82) is 0 Å². The van der Waals surface area contributed by atoms with Gasteiger partial charge < -0.3 is 19.7 Å². The summed E-state index contributed by atoms with van der Waals surface area (Å²) >= 11 is 3.48. The van der Waals surface area contributed by atoms with Crippen LogP contribution in [0.3, 0.4) is 0 Å². The molecule has 0 aliphatic carbocycles. The van der Waals surface area contributed by atoms with Crippen LogP contribution in [0.4, 0.5) is 0 Å². The number of piperidine rings is 1. The van der Waals surface area contributed by atoms with E-state index in [4.69, 9.17) is 9.47 Å². The van der Waals surface area contributed by atoms with Gasteiger partial charge >= 0.3 is 0 Å². The molecule has 166 valence electrons. The van der Waals surface area contributed by atoms with Crippen molar-refractivity contribution in [3.63, 3.8) is 0 Å². The van der Waals surface area contributed by atoms with Crippen LogP contribution in [0.2, 0.25) is 0 Å². The van der Waals surface area contributed by atoms with Gasteiger partial charge in [0.15, 0.2) is 11.5 Å². The topological polar surface area (TPSA) is 67.9 Å². The molecule has 2 aromatic carbocycles. The molecule has 1 fully saturated rings. The fourth-order valence-corrected chi connectivity index (χ4v) is 4.71. The molecule has 3 rings (SSSR count). The van der Waals surface area contributed by atoms with Gasteiger partial charge in [0.1, 0.15) is 0 Å². The number of benzene rings is 2. The van der Waals surface area contributed by atoms with E-state index in [0.717, 1.165) is 34.0 Å². The Morgan fingerprint density at radius 2 is 1.81 bits per heavy atom. The fourth-order valence-electron chi connectivity index (χ4n) is 4.06. The minimum absolute atomic E-state index is 0.00637. The highest BCUT2D eigenvalue weighted by molar-refractivity contribution is 9.10. The summed E-state index contributed by atoms with van der Waals surface area (Å²) in [7, 11) is 3.16. The Bertz CT molecular complexity index is 956. The molecule has 0 bridgehead atoms. The standard InChI is InChI=1S/C24H29BrN2O4/c1-15-8-16(2)10-19(9-15)24(29)27-7-5-6-18(14-27)23(28)26-13-17-11-20(25)22(31-4)21(12-17)30-3/h8-12,18H,5-7,13-14H2,1-4H3,(H,26,28). The van der Waals surface area contributed by atoms with Crippen molar-refractivity contribution in [2.24, 2.45) is 5.92 Å². The van der Waals surface area contributed by atoms with Crippen LogP contribution in [-0.4, -0.2) is 44.0 Å². The zero-order valence-electron chi connectivity index (χ0n) is 18.5. The lowest BCUT2D eigenvalue weighted by atomic mass is 9.96. The lowest BCUT2D eigenvalue weighted by Crippen LogP contribution is -2.45. The molecule has 1 N–H and O–H groups in total. The van der Waals surface area contributed by atoms with Crippen molar-refractivity contribution in [2.75, 3.05) is 27.3 Å². The second kappa shape index (κ2) is 10.2. The molecule has 1 saturated heterocycles. The maximum absolute atomic E-state index is 13.0. The number of amides is 2. The number of ether oxygens (including phenoxy) is 2. The number of methoxy groups -OCH3 is 2. The Kier molecular flexibility index (Phi) is 7.59. The second-order valence-electron chi connectivity index (χ2n) is 8.00. The monoisotopic (exact) mass is 488 g/mol. The maximum Gasteiger partial charge on any atom is 0.253 e. The van der Waals surface area contributed by atoms with Crippen molar-refractivity contribution >= 4 is 27.7 Å². The molecule has 1 atom stereocenters. The van der Waals surface area contributed by atoms with Crippen molar-refractivity contribution in [2.45, 2.75) is 33.2 Å². The van der Waals surface area contributed by atoms with E-state index in [0.29, 0.717) is 36.7 Å². The number of hydrogen-bond donors (Lipinski definition) is 1. The largest absolute Gasteiger partial charge is 0.493 e. The molecule has 1 heterocycles. The van der Waals surface area contributed by atoms with Crippen molar-refractivity contribution in [3.05, 3.63) is 57.1 Å². The third kappa shape index (κ3) is 5.58. The Balaban J connectivity index is 1.63. The maximum atomic E-state index is 13.0. The molecule has 0 radical (unpaired) electrons. The van der Waals surface area contributed by atoms with Gasteiger partial charge in [0.25, 0.3) is 5.91 Å². The summed E-state index contributed by atoms with van der Waals surface area (Å²) in [6, 6.07) is 9.62. The van der Waals surface area contributed by atoms with Gasteiger partial charge in [-0.1, -0.05) is 17.2 Å². The molecule has 7 heteroatoms. The predicted molar refractivity (Wildman–Crippen MR) is 124 cm³/mol. The lowest BCUT2D eigenvalue weighted by molar-refractivity contribution is -0.126. The predicted octanol–water partition coefficient (Wildman–Crippen LogP) is 4.25. The number of nitrogens with zero attached hydrogens (tertiary/aromatic N) is 1. The van der Waals surface area contributed by atoms with Gasteiger partial charge in [-0.2, -0.15) is 0 Å². The average molecular weight is 489 g/mol. The molecule has 2 amide bonds. The van der Waals surface area contributed by atoms with E-state index in [1.165, 1.54) is 0 Å². The quantitative estimate of drug-likeness (QED) is 0.659. The van der Waals surface area contributed by atoms with E-state index in [-0.39, 0.29) is 17.7 Å². The van der Waals surface area contributed by atoms with E-state index >= 15 is 0 Å². The number of hydrogen-bond acceptors (Lipinski definition) is 4. The molecule has 6 nitrogen and oxygen atoms in total. The molecular weight excluding hydrogens is 460 g/mol. The average Bonchev–Trinajstić information content (AvgIpc) is 2.75. The summed E-state index contributed by atoms with van der Waals surface area (Å²) in [5.74, 6) is 0.957. The first-order valence-electron chi connectivity index (χ1n) is 10.4. The number of carbonyl (C=O) groups is 2. The third-order valence-electron chi connectivity index (χ3n) is 5.51. The minimum atomic E-state index is -0.216. The number of aryl methyl sites for hydroxylation is 2. The van der Waals surface area contributed by atoms with Crippen LogP contribution in [0.1, 0.15) is 39.9 Å². The van der Waals surface area contributed by atoms with E-state index < -0.39 is 0 Å². The van der Waals surface area contributed by atoms with Gasteiger partial charge in [-0.25, -0.2) is 0 Å². The molecule has 2 aromatic rings. The lowest BCUT2D eigenvalue weighted by Gasteiger charge is -2.32. The SMILES string of the molecule is COc1cc(CNC(=O)C2CCCN(C(=O)c3cc(C)cc(C)c3)C2)cc(Br)c1OC. The van der Waals surface area contributed by atoms with Crippen molar-refractivity contribution in [1.82, 2.24) is 10.2 Å². The summed E-state index contributed by atoms with van der Waals surface area (Å²) < 4.78 is 11.5. The van der Waals surface area contributed by atoms with E-state index in [1.807, 2.05) is 38.1 Å². The molecule has 31 heavy (non-hydrogen) atoms. The number of rotatable bonds is 6. The van der Waals surface area contributed by atoms with Gasteiger partial charge in [-0.05, 0) is 72.4 Å². The van der Waals surface area contributed by atoms with Gasteiger partial charge in [-0.15, -0.1) is 0 Å². The molecule has 1 aliphatic rings. The summed E-state index contributed by atoms with van der Waals surface area (Å²) in [4.78, 5) is 27.6. The van der Waals surface area contributed by atoms with Crippen LogP contribution in [0.5, 0.6) is 11.5 Å². The second-order valence-corrected chi connectivity index (χ2v) is 8.85. The van der Waals surface area contributed by atoms with E-state index in [2.05, 4.69) is 27.3 Å². The van der Waals surface area contributed by atoms with E-state index in [9.17, 15) is 9.59 Å². The number of carbonyl (C=O) groups excluding carboxylic acids is 2. The molecule has 0 spiro atoms. The van der Waals surface area contributed by atoms with Crippen LogP contribution in [0.15, 0.2) is 34.8 Å². The van der Waals surface area contributed by atoms with Gasteiger partial charge in [0, 0.05) is 25.2 Å². The molecule has 0 aromatic heterocycles. The number of halogens is 1. The normalized spacial score (nSPS) is 16.0. The first kappa shape index (κ1) is 23.1. The summed E-state index contributed by atoms with van der Waals surface area (Å²) in [5.41, 5.74) is 3.72. The zero-order valence-corrected chi connectivity index (χ0v) is 20.0. The first-order valence-corrected chi connectivity index (χ1v) is 11.2. The summed E-state index contributed by atoms with van der Waals surface area (Å²) in [5, 5.41) is 3.01. The van der Waals surface area contributed by atoms with Gasteiger partial charge in [0.2, 0.25) is 5.91 Å². The number of likely N-dealkylation sites (tertiary alicyclic amines) is 1. The molecular formula is C24H29BrN2O4. The van der Waals surface area contributed by atoms with Gasteiger partial charge in [0.05, 0.1) is 24.6 Å². The van der Waals surface area contributed by atoms with Crippen molar-refractivity contribution < 1.29 is 19.1 Å². The first-order chi connectivity index (χ1) is 14.8. The smallest absolute Gasteiger partial charge is 0.253 e. The zero-order chi connectivity index (χ0) is 22.5. The van der Waals surface area contributed by atoms with Crippen molar-refractivity contribution in [3.8, 4) is 11.5 Å². The highest BCUT2D eigenvalue weighted by Crippen LogP contribution is 2.36. The minimum Gasteiger partial charge on any atom is -0.493 e. The molecule has 1 unspecified atom stereocenters. The molecule has 1 aliphatic heterocycles. The van der Waals surface area contributed by atoms with Crippen LogP contribution < -0.4 is 14.8 Å². The number of nitrogens with one attached hydrogen (secondary N) is 1. The van der Waals surface area contributed by atoms with Crippen LogP contribution in [0.25, 0.3) is 0 Å². The Morgan fingerprint density at radius 3 is 2.45 bits per heavy atom. The Morgan fingerprint density at radius 1 is 1.10 bits per heavy atom. The fraction of sp³-hybridized carbons (Fsp3) is 0.417. The van der Waals surface area contributed by atoms with Crippen LogP contribution in [0, 0.1) is 19.8 Å². The summed E-state index contributed by atoms with van der Waals surface area (Å²) in [6.45, 7) is 5.47. The van der Waals surface area contributed by atoms with E-state index in [1.54, 1.807) is 19.1 Å². The Labute approximate surface area is 192 Å². The van der Waals surface area contributed by atoms with Gasteiger partial charge in [-0.3, -0.25) is 9.59 Å². The third-order valence-corrected chi connectivity index (χ3v) is 6.10. The highest BCUT2D eigenvalue weighted by atomic mass is 79.9. The van der Waals surface area contributed by atoms with Crippen LogP contribution >= 0.6 is 15.9 Å². The molecule has 0 saturated carbocycles. The summed E-state index contributed by atoms with van der Waals surface area (Å²) in [6.07, 6.45) is 1.59.